The Hall–Kier alpha value is -2.96. The van der Waals surface area contributed by atoms with Crippen LogP contribution in [0.15, 0.2) is 69.6 Å². The van der Waals surface area contributed by atoms with Gasteiger partial charge in [-0.3, -0.25) is 14.2 Å². The van der Waals surface area contributed by atoms with Crippen LogP contribution in [0.25, 0.3) is 6.08 Å². The minimum Gasteiger partial charge on any atom is -0.497 e. The van der Waals surface area contributed by atoms with Gasteiger partial charge in [-0.15, -0.1) is 0 Å². The third-order valence-corrected chi connectivity index (χ3v) is 6.98. The maximum Gasteiger partial charge on any atom is 0.271 e. The normalized spacial score (nSPS) is 18.5. The van der Waals surface area contributed by atoms with E-state index in [-0.39, 0.29) is 11.3 Å². The molecule has 1 aliphatic carbocycles. The van der Waals surface area contributed by atoms with Crippen LogP contribution in [-0.2, 0) is 4.79 Å². The Morgan fingerprint density at radius 1 is 1.13 bits per heavy atom. The second-order valence-corrected chi connectivity index (χ2v) is 8.93. The number of methoxy groups -OCH3 is 1. The van der Waals surface area contributed by atoms with Gasteiger partial charge in [-0.05, 0) is 48.2 Å². The van der Waals surface area contributed by atoms with Crippen LogP contribution in [0.3, 0.4) is 0 Å². The smallest absolute Gasteiger partial charge is 0.271 e. The molecular weight excluding hydrogens is 432 g/mol. The van der Waals surface area contributed by atoms with Gasteiger partial charge in [-0.25, -0.2) is 4.99 Å². The van der Waals surface area contributed by atoms with Crippen molar-refractivity contribution in [2.45, 2.75) is 25.3 Å². The first-order chi connectivity index (χ1) is 15.1. The third kappa shape index (κ3) is 3.46. The van der Waals surface area contributed by atoms with E-state index >= 15 is 0 Å². The molecule has 0 N–H and O–H groups in total. The number of fused-ring (bicyclic) bond motifs is 1. The number of Topliss-reactive ketones (excluding diaryl/α,β-unsaturated/α-hetero) is 1. The molecule has 2 aliphatic rings. The van der Waals surface area contributed by atoms with Gasteiger partial charge in [0.2, 0.25) is 0 Å². The molecule has 2 heterocycles. The fourth-order valence-electron chi connectivity index (χ4n) is 4.15. The summed E-state index contributed by atoms with van der Waals surface area (Å²) in [5.41, 5.74) is 2.89. The van der Waals surface area contributed by atoms with Crippen molar-refractivity contribution in [3.63, 3.8) is 0 Å². The number of nitrogens with zero attached hydrogens (tertiary/aromatic N) is 2. The Balaban J connectivity index is 1.75. The van der Waals surface area contributed by atoms with E-state index in [4.69, 9.17) is 21.3 Å². The molecule has 1 atom stereocenters. The van der Waals surface area contributed by atoms with E-state index in [1.807, 2.05) is 42.5 Å². The van der Waals surface area contributed by atoms with Crippen molar-refractivity contribution in [3.8, 4) is 5.75 Å². The summed E-state index contributed by atoms with van der Waals surface area (Å²) in [6.45, 7) is 0. The highest BCUT2D eigenvalue weighted by Crippen LogP contribution is 2.36. The van der Waals surface area contributed by atoms with E-state index in [1.165, 1.54) is 11.3 Å². The molecule has 0 spiro atoms. The Bertz CT molecular complexity index is 1400. The third-order valence-electron chi connectivity index (χ3n) is 5.65. The summed E-state index contributed by atoms with van der Waals surface area (Å²) in [5, 5.41) is 0.578. The molecule has 1 unspecified atom stereocenters. The first-order valence-electron chi connectivity index (χ1n) is 10.0. The van der Waals surface area contributed by atoms with Gasteiger partial charge >= 0.3 is 0 Å². The van der Waals surface area contributed by atoms with Crippen LogP contribution in [0.1, 0.15) is 36.4 Å². The van der Waals surface area contributed by atoms with Crippen molar-refractivity contribution in [3.05, 3.63) is 95.6 Å². The molecule has 156 valence electrons. The summed E-state index contributed by atoms with van der Waals surface area (Å²) in [7, 11) is 1.61. The second-order valence-electron chi connectivity index (χ2n) is 7.51. The maximum absolute atomic E-state index is 13.5. The Morgan fingerprint density at radius 3 is 2.65 bits per heavy atom. The van der Waals surface area contributed by atoms with Gasteiger partial charge in [-0.1, -0.05) is 53.3 Å². The van der Waals surface area contributed by atoms with Crippen molar-refractivity contribution < 1.29 is 9.53 Å². The van der Waals surface area contributed by atoms with Crippen LogP contribution in [0.2, 0.25) is 5.02 Å². The van der Waals surface area contributed by atoms with E-state index in [1.54, 1.807) is 23.8 Å². The number of benzene rings is 2. The molecule has 0 fully saturated rings. The van der Waals surface area contributed by atoms with E-state index in [0.29, 0.717) is 26.4 Å². The summed E-state index contributed by atoms with van der Waals surface area (Å²) >= 11 is 7.63. The number of rotatable bonds is 3. The molecule has 1 aromatic heterocycles. The number of hydrogen-bond acceptors (Lipinski definition) is 5. The average Bonchev–Trinajstić information content (AvgIpc) is 3.09. The molecule has 0 bridgehead atoms. The number of thiazole rings is 1. The lowest BCUT2D eigenvalue weighted by Crippen LogP contribution is -2.40. The van der Waals surface area contributed by atoms with Gasteiger partial charge in [0.15, 0.2) is 10.6 Å². The van der Waals surface area contributed by atoms with E-state index in [9.17, 15) is 9.59 Å². The van der Waals surface area contributed by atoms with Gasteiger partial charge < -0.3 is 4.74 Å². The Kier molecular flexibility index (Phi) is 5.12. The van der Waals surface area contributed by atoms with Gasteiger partial charge in [-0.2, -0.15) is 0 Å². The topological polar surface area (TPSA) is 60.7 Å². The predicted molar refractivity (Wildman–Crippen MR) is 121 cm³/mol. The van der Waals surface area contributed by atoms with Crippen LogP contribution in [0.4, 0.5) is 0 Å². The lowest BCUT2D eigenvalue weighted by atomic mass is 9.86. The summed E-state index contributed by atoms with van der Waals surface area (Å²) in [5.74, 6) is 0.783. The number of carbonyl (C=O) groups excluding carboxylic acids is 1. The number of ketones is 1. The van der Waals surface area contributed by atoms with Crippen LogP contribution >= 0.6 is 22.9 Å². The molecule has 0 amide bonds. The molecule has 7 heteroatoms. The molecule has 31 heavy (non-hydrogen) atoms. The van der Waals surface area contributed by atoms with Crippen molar-refractivity contribution in [2.24, 2.45) is 4.99 Å². The summed E-state index contributed by atoms with van der Waals surface area (Å²) in [4.78, 5) is 31.8. The molecule has 0 radical (unpaired) electrons. The van der Waals surface area contributed by atoms with E-state index in [0.717, 1.165) is 35.4 Å². The molecule has 0 saturated carbocycles. The van der Waals surface area contributed by atoms with E-state index < -0.39 is 6.04 Å². The largest absolute Gasteiger partial charge is 0.497 e. The molecule has 3 aromatic rings. The maximum atomic E-state index is 13.5. The van der Waals surface area contributed by atoms with Gasteiger partial charge in [0.25, 0.3) is 5.56 Å². The Labute approximate surface area is 187 Å². The van der Waals surface area contributed by atoms with Crippen molar-refractivity contribution >= 4 is 34.8 Å². The molecule has 1 aliphatic heterocycles. The fraction of sp³-hybridized carbons (Fsp3) is 0.208. The standard InChI is InChI=1S/C24H19ClN2O3S/c1-30-16-11-9-14(10-12-16)22-21-18(7-4-8-19(21)28)26-24-27(22)23(29)20(31-24)13-15-5-2-3-6-17(15)25/h2-3,5-6,9-13,22H,4,7-8H2,1H3. The average molecular weight is 451 g/mol. The van der Waals surface area contributed by atoms with Crippen molar-refractivity contribution in [2.75, 3.05) is 7.11 Å². The lowest BCUT2D eigenvalue weighted by molar-refractivity contribution is -0.116. The first kappa shape index (κ1) is 20.0. The number of halogens is 1. The highest BCUT2D eigenvalue weighted by atomic mass is 35.5. The number of aromatic nitrogens is 1. The number of hydrogen-bond donors (Lipinski definition) is 0. The summed E-state index contributed by atoms with van der Waals surface area (Å²) < 4.78 is 7.47. The first-order valence-corrected chi connectivity index (χ1v) is 11.2. The quantitative estimate of drug-likeness (QED) is 0.612. The SMILES string of the molecule is COc1ccc(C2C3=C(CCCC3=O)N=c3sc(=Cc4ccccc4Cl)c(=O)n32)cc1. The second kappa shape index (κ2) is 7.94. The zero-order chi connectivity index (χ0) is 21.5. The highest BCUT2D eigenvalue weighted by Gasteiger charge is 2.34. The zero-order valence-electron chi connectivity index (χ0n) is 16.8. The zero-order valence-corrected chi connectivity index (χ0v) is 18.4. The lowest BCUT2D eigenvalue weighted by Gasteiger charge is -2.28. The number of ether oxygens (including phenoxy) is 1. The predicted octanol–water partition coefficient (Wildman–Crippen LogP) is 3.63. The van der Waals surface area contributed by atoms with Crippen LogP contribution in [0, 0.1) is 0 Å². The van der Waals surface area contributed by atoms with Crippen LogP contribution in [0.5, 0.6) is 5.75 Å². The number of carbonyl (C=O) groups is 1. The Morgan fingerprint density at radius 2 is 1.90 bits per heavy atom. The minimum atomic E-state index is -0.488. The van der Waals surface area contributed by atoms with Gasteiger partial charge in [0.1, 0.15) is 5.75 Å². The molecular formula is C24H19ClN2O3S. The minimum absolute atomic E-state index is 0.0613. The van der Waals surface area contributed by atoms with Crippen LogP contribution in [-0.4, -0.2) is 17.5 Å². The fourth-order valence-corrected chi connectivity index (χ4v) is 5.35. The van der Waals surface area contributed by atoms with Crippen molar-refractivity contribution in [1.29, 1.82) is 0 Å². The van der Waals surface area contributed by atoms with Crippen molar-refractivity contribution in [1.82, 2.24) is 4.57 Å². The molecule has 2 aromatic carbocycles. The molecule has 5 rings (SSSR count). The molecule has 5 nitrogen and oxygen atoms in total. The monoisotopic (exact) mass is 450 g/mol. The number of allylic oxidation sites excluding steroid dienone is 2. The van der Waals surface area contributed by atoms with Gasteiger partial charge in [0, 0.05) is 17.0 Å². The molecule has 0 saturated heterocycles. The summed E-state index contributed by atoms with van der Waals surface area (Å²) in [6, 6.07) is 14.4. The summed E-state index contributed by atoms with van der Waals surface area (Å²) in [6.07, 6.45) is 3.80. The highest BCUT2D eigenvalue weighted by molar-refractivity contribution is 7.07. The van der Waals surface area contributed by atoms with Gasteiger partial charge in [0.05, 0.1) is 23.4 Å². The van der Waals surface area contributed by atoms with E-state index in [2.05, 4.69) is 0 Å². The van der Waals surface area contributed by atoms with Crippen LogP contribution < -0.4 is 19.6 Å².